The van der Waals surface area contributed by atoms with Gasteiger partial charge in [-0.15, -0.1) is 0 Å². The second kappa shape index (κ2) is 5.69. The monoisotopic (exact) mass is 283 g/mol. The molecular weight excluding hydrogens is 266 g/mol. The number of hydrogen-bond acceptors (Lipinski definition) is 3. The van der Waals surface area contributed by atoms with Crippen molar-refractivity contribution >= 4 is 22.7 Å². The highest BCUT2D eigenvalue weighted by molar-refractivity contribution is 7.99. The number of pyridine rings is 1. The number of hydrogen-bond donors (Lipinski definition) is 2. The molecule has 0 aliphatic heterocycles. The molecule has 2 aromatic heterocycles. The summed E-state index contributed by atoms with van der Waals surface area (Å²) in [4.78, 5) is 7.51. The average molecular weight is 283 g/mol. The minimum absolute atomic E-state index is 0.0637. The van der Waals surface area contributed by atoms with Gasteiger partial charge in [-0.2, -0.15) is 0 Å². The van der Waals surface area contributed by atoms with Gasteiger partial charge in [0.05, 0.1) is 10.3 Å². The van der Waals surface area contributed by atoms with Crippen molar-refractivity contribution in [1.29, 1.82) is 0 Å². The Bertz CT molecular complexity index is 658. The van der Waals surface area contributed by atoms with E-state index < -0.39 is 0 Å². The van der Waals surface area contributed by atoms with Crippen LogP contribution in [-0.2, 0) is 0 Å². The molecule has 0 spiro atoms. The van der Waals surface area contributed by atoms with Gasteiger partial charge in [0.15, 0.2) is 0 Å². The summed E-state index contributed by atoms with van der Waals surface area (Å²) in [5.74, 6) is 0. The lowest BCUT2D eigenvalue weighted by Crippen LogP contribution is -2.22. The Morgan fingerprint density at radius 3 is 2.60 bits per heavy atom. The van der Waals surface area contributed by atoms with Crippen LogP contribution in [0.2, 0.25) is 0 Å². The van der Waals surface area contributed by atoms with E-state index in [-0.39, 0.29) is 11.3 Å². The van der Waals surface area contributed by atoms with Crippen LogP contribution in [0.4, 0.5) is 0 Å². The molecule has 2 atom stereocenters. The van der Waals surface area contributed by atoms with Crippen LogP contribution < -0.4 is 5.73 Å². The third-order valence-electron chi connectivity index (χ3n) is 3.27. The average Bonchev–Trinajstić information content (AvgIpc) is 2.88. The van der Waals surface area contributed by atoms with Crippen LogP contribution in [0, 0.1) is 0 Å². The van der Waals surface area contributed by atoms with Crippen LogP contribution >= 0.6 is 11.8 Å². The highest BCUT2D eigenvalue weighted by atomic mass is 32.2. The molecule has 0 amide bonds. The maximum Gasteiger partial charge on any atom is 0.0739 e. The van der Waals surface area contributed by atoms with E-state index in [1.165, 1.54) is 10.9 Å². The van der Waals surface area contributed by atoms with Crippen molar-refractivity contribution in [3.8, 4) is 0 Å². The molecule has 0 aliphatic rings. The quantitative estimate of drug-likeness (QED) is 0.717. The predicted octanol–water partition coefficient (Wildman–Crippen LogP) is 3.74. The molecule has 0 radical (unpaired) electrons. The fraction of sp³-hybridized carbons (Fsp3) is 0.188. The minimum Gasteiger partial charge on any atom is -0.350 e. The third kappa shape index (κ3) is 2.71. The van der Waals surface area contributed by atoms with E-state index in [1.807, 2.05) is 37.5 Å². The summed E-state index contributed by atoms with van der Waals surface area (Å²) < 4.78 is 0. The third-order valence-corrected chi connectivity index (χ3v) is 4.70. The number of nitrogens with one attached hydrogen (secondary N) is 1. The Morgan fingerprint density at radius 2 is 1.90 bits per heavy atom. The first-order valence-electron chi connectivity index (χ1n) is 6.64. The second-order valence-corrected chi connectivity index (χ2v) is 6.08. The molecule has 1 aromatic carbocycles. The van der Waals surface area contributed by atoms with Gasteiger partial charge >= 0.3 is 0 Å². The molecule has 0 fully saturated rings. The second-order valence-electron chi connectivity index (χ2n) is 4.90. The van der Waals surface area contributed by atoms with Crippen molar-refractivity contribution in [3.63, 3.8) is 0 Å². The van der Waals surface area contributed by atoms with E-state index in [2.05, 4.69) is 34.2 Å². The van der Waals surface area contributed by atoms with E-state index in [0.717, 1.165) is 10.5 Å². The number of para-hydroxylation sites is 1. The van der Waals surface area contributed by atoms with Crippen LogP contribution in [-0.4, -0.2) is 16.0 Å². The van der Waals surface area contributed by atoms with Crippen molar-refractivity contribution in [1.82, 2.24) is 9.97 Å². The first kappa shape index (κ1) is 13.2. The van der Waals surface area contributed by atoms with E-state index in [0.29, 0.717) is 0 Å². The summed E-state index contributed by atoms with van der Waals surface area (Å²) >= 11 is 1.77. The van der Waals surface area contributed by atoms with E-state index in [1.54, 1.807) is 11.8 Å². The number of nitrogens with zero attached hydrogens (tertiary/aromatic N) is 1. The number of thioether (sulfide) groups is 1. The molecule has 3 aromatic rings. The summed E-state index contributed by atoms with van der Waals surface area (Å²) in [7, 11) is 0. The molecule has 0 saturated heterocycles. The lowest BCUT2D eigenvalue weighted by Gasteiger charge is -2.19. The number of nitrogens with two attached hydrogens (primary N) is 1. The smallest absolute Gasteiger partial charge is 0.0739 e. The Morgan fingerprint density at radius 1 is 1.15 bits per heavy atom. The van der Waals surface area contributed by atoms with Crippen molar-refractivity contribution in [2.24, 2.45) is 5.73 Å². The maximum atomic E-state index is 6.16. The molecule has 3 nitrogen and oxygen atoms in total. The number of aromatic nitrogens is 2. The highest BCUT2D eigenvalue weighted by Crippen LogP contribution is 2.37. The Balaban J connectivity index is 1.90. The van der Waals surface area contributed by atoms with Crippen molar-refractivity contribution in [3.05, 3.63) is 60.4 Å². The van der Waals surface area contributed by atoms with Gasteiger partial charge in [-0.1, -0.05) is 30.0 Å². The molecule has 20 heavy (non-hydrogen) atoms. The molecule has 2 unspecified atom stereocenters. The zero-order chi connectivity index (χ0) is 13.9. The van der Waals surface area contributed by atoms with Crippen LogP contribution in [0.1, 0.15) is 17.7 Å². The SMILES string of the molecule is CC(N)C(Sc1cc2ccccc2[nH]1)c1ccncc1. The topological polar surface area (TPSA) is 54.7 Å². The van der Waals surface area contributed by atoms with Gasteiger partial charge in [-0.25, -0.2) is 0 Å². The Labute approximate surface area is 122 Å². The summed E-state index contributed by atoms with van der Waals surface area (Å²) in [6, 6.07) is 14.6. The van der Waals surface area contributed by atoms with Gasteiger partial charge in [0, 0.05) is 29.3 Å². The minimum atomic E-state index is 0.0637. The van der Waals surface area contributed by atoms with Gasteiger partial charge < -0.3 is 10.7 Å². The number of aromatic amines is 1. The molecule has 0 bridgehead atoms. The van der Waals surface area contributed by atoms with Gasteiger partial charge in [0.1, 0.15) is 0 Å². The van der Waals surface area contributed by atoms with Crippen LogP contribution in [0.25, 0.3) is 10.9 Å². The zero-order valence-electron chi connectivity index (χ0n) is 11.3. The van der Waals surface area contributed by atoms with Gasteiger partial charge in [-0.05, 0) is 36.8 Å². The van der Waals surface area contributed by atoms with Crippen molar-refractivity contribution in [2.75, 3.05) is 0 Å². The van der Waals surface area contributed by atoms with Crippen LogP contribution in [0.15, 0.2) is 59.9 Å². The molecule has 0 aliphatic carbocycles. The molecule has 4 heteroatoms. The normalized spacial score (nSPS) is 14.3. The zero-order valence-corrected chi connectivity index (χ0v) is 12.1. The van der Waals surface area contributed by atoms with Gasteiger partial charge in [0.25, 0.3) is 0 Å². The number of benzene rings is 1. The molecule has 3 rings (SSSR count). The Hall–Kier alpha value is -1.78. The van der Waals surface area contributed by atoms with E-state index >= 15 is 0 Å². The molecular formula is C16H17N3S. The molecule has 102 valence electrons. The molecule has 0 saturated carbocycles. The van der Waals surface area contributed by atoms with Crippen molar-refractivity contribution in [2.45, 2.75) is 23.2 Å². The van der Waals surface area contributed by atoms with Crippen LogP contribution in [0.3, 0.4) is 0 Å². The summed E-state index contributed by atoms with van der Waals surface area (Å²) in [6.07, 6.45) is 3.63. The lowest BCUT2D eigenvalue weighted by atomic mass is 10.1. The summed E-state index contributed by atoms with van der Waals surface area (Å²) in [6.45, 7) is 2.04. The summed E-state index contributed by atoms with van der Waals surface area (Å²) in [5.41, 5.74) is 8.52. The number of H-pyrrole nitrogens is 1. The predicted molar refractivity (Wildman–Crippen MR) is 84.8 cm³/mol. The van der Waals surface area contributed by atoms with Crippen LogP contribution in [0.5, 0.6) is 0 Å². The molecule has 3 N–H and O–H groups in total. The molecule has 2 heterocycles. The first-order valence-corrected chi connectivity index (χ1v) is 7.52. The fourth-order valence-corrected chi connectivity index (χ4v) is 3.42. The highest BCUT2D eigenvalue weighted by Gasteiger charge is 2.18. The Kier molecular flexibility index (Phi) is 3.76. The standard InChI is InChI=1S/C16H17N3S/c1-11(17)16(12-6-8-18-9-7-12)20-15-10-13-4-2-3-5-14(13)19-15/h2-11,16,19H,17H2,1H3. The van der Waals surface area contributed by atoms with Gasteiger partial charge in [-0.3, -0.25) is 4.98 Å². The first-order chi connectivity index (χ1) is 9.74. The van der Waals surface area contributed by atoms with Crippen molar-refractivity contribution < 1.29 is 0 Å². The van der Waals surface area contributed by atoms with E-state index in [9.17, 15) is 0 Å². The largest absolute Gasteiger partial charge is 0.350 e. The maximum absolute atomic E-state index is 6.16. The van der Waals surface area contributed by atoms with Gasteiger partial charge in [0.2, 0.25) is 0 Å². The fourth-order valence-electron chi connectivity index (χ4n) is 2.28. The number of rotatable bonds is 4. The van der Waals surface area contributed by atoms with E-state index in [4.69, 9.17) is 5.73 Å². The lowest BCUT2D eigenvalue weighted by molar-refractivity contribution is 0.719. The number of fused-ring (bicyclic) bond motifs is 1. The summed E-state index contributed by atoms with van der Waals surface area (Å²) in [5, 5.41) is 2.59.